The van der Waals surface area contributed by atoms with Crippen LogP contribution < -0.4 is 9.47 Å². The molecular formula is C29H28O4. The SMILES string of the molecule is COC(=O)c1ccc2cc(-c3cc4c(c(C56CC7CC(CC(C7)C5)C6)c3)OCO4)ccc2c1. The van der Waals surface area contributed by atoms with Gasteiger partial charge in [-0.15, -0.1) is 0 Å². The molecule has 0 aromatic heterocycles. The third-order valence-electron chi connectivity index (χ3n) is 8.68. The molecule has 4 saturated carbocycles. The van der Waals surface area contributed by atoms with Crippen LogP contribution in [0.5, 0.6) is 11.5 Å². The highest BCUT2D eigenvalue weighted by molar-refractivity contribution is 5.96. The first-order valence-electron chi connectivity index (χ1n) is 12.2. The third kappa shape index (κ3) is 2.99. The molecule has 4 bridgehead atoms. The van der Waals surface area contributed by atoms with Crippen LogP contribution in [0.3, 0.4) is 0 Å². The van der Waals surface area contributed by atoms with E-state index in [1.54, 1.807) is 0 Å². The standard InChI is InChI=1S/C29H28O4/c1-31-28(30)23-5-4-20-9-22(3-2-21(20)10-23)24-11-25(27-26(12-24)32-16-33-27)29-13-17-6-18(14-29)8-19(7-17)15-29/h2-5,9-12,17-19H,6-8,13-16H2,1H3. The summed E-state index contributed by atoms with van der Waals surface area (Å²) in [5.41, 5.74) is 4.55. The fourth-order valence-electron chi connectivity index (χ4n) is 7.68. The minimum Gasteiger partial charge on any atom is -0.465 e. The Morgan fingerprint density at radius 3 is 2.27 bits per heavy atom. The molecule has 0 saturated heterocycles. The molecule has 4 heteroatoms. The van der Waals surface area contributed by atoms with E-state index >= 15 is 0 Å². The monoisotopic (exact) mass is 440 g/mol. The molecule has 0 N–H and O–H groups in total. The van der Waals surface area contributed by atoms with Gasteiger partial charge in [-0.25, -0.2) is 4.79 Å². The van der Waals surface area contributed by atoms with E-state index < -0.39 is 0 Å². The summed E-state index contributed by atoms with van der Waals surface area (Å²) in [6.45, 7) is 0.312. The lowest BCUT2D eigenvalue weighted by Gasteiger charge is -2.57. The maximum absolute atomic E-state index is 11.9. The van der Waals surface area contributed by atoms with Gasteiger partial charge in [0.15, 0.2) is 11.5 Å². The number of ether oxygens (including phenoxy) is 3. The topological polar surface area (TPSA) is 44.8 Å². The number of carbonyl (C=O) groups is 1. The average Bonchev–Trinajstić information content (AvgIpc) is 3.30. The quantitative estimate of drug-likeness (QED) is 0.437. The highest BCUT2D eigenvalue weighted by Crippen LogP contribution is 2.63. The number of esters is 1. The zero-order chi connectivity index (χ0) is 22.2. The largest absolute Gasteiger partial charge is 0.465 e. The van der Waals surface area contributed by atoms with Gasteiger partial charge in [-0.05, 0) is 114 Å². The number of hydrogen-bond acceptors (Lipinski definition) is 4. The van der Waals surface area contributed by atoms with E-state index in [2.05, 4.69) is 30.3 Å². The van der Waals surface area contributed by atoms with E-state index in [0.29, 0.717) is 12.4 Å². The second-order valence-electron chi connectivity index (χ2n) is 10.7. The van der Waals surface area contributed by atoms with Crippen LogP contribution in [0.4, 0.5) is 0 Å². The molecule has 4 aliphatic carbocycles. The fraction of sp³-hybridized carbons (Fsp3) is 0.414. The van der Waals surface area contributed by atoms with Gasteiger partial charge in [-0.2, -0.15) is 0 Å². The molecule has 8 rings (SSSR count). The van der Waals surface area contributed by atoms with Crippen LogP contribution in [0, 0.1) is 17.8 Å². The van der Waals surface area contributed by atoms with Crippen molar-refractivity contribution < 1.29 is 19.0 Å². The fourth-order valence-corrected chi connectivity index (χ4v) is 7.68. The summed E-state index contributed by atoms with van der Waals surface area (Å²) in [6.07, 6.45) is 8.18. The zero-order valence-electron chi connectivity index (χ0n) is 18.9. The maximum Gasteiger partial charge on any atom is 0.337 e. The van der Waals surface area contributed by atoms with Crippen LogP contribution in [-0.4, -0.2) is 19.9 Å². The molecule has 3 aromatic carbocycles. The van der Waals surface area contributed by atoms with Gasteiger partial charge in [0, 0.05) is 5.56 Å². The van der Waals surface area contributed by atoms with Crippen molar-refractivity contribution in [2.75, 3.05) is 13.9 Å². The Morgan fingerprint density at radius 1 is 0.848 bits per heavy atom. The summed E-state index contributed by atoms with van der Waals surface area (Å²) >= 11 is 0. The van der Waals surface area contributed by atoms with Gasteiger partial charge in [-0.3, -0.25) is 0 Å². The Kier molecular flexibility index (Phi) is 4.12. The minimum atomic E-state index is -0.308. The first-order chi connectivity index (χ1) is 16.1. The van der Waals surface area contributed by atoms with Crippen LogP contribution in [0.1, 0.15) is 54.4 Å². The lowest BCUT2D eigenvalue weighted by molar-refractivity contribution is -0.00626. The van der Waals surface area contributed by atoms with Gasteiger partial charge in [0.05, 0.1) is 12.7 Å². The second-order valence-corrected chi connectivity index (χ2v) is 10.7. The van der Waals surface area contributed by atoms with Crippen molar-refractivity contribution in [3.05, 3.63) is 59.7 Å². The number of benzene rings is 3. The Labute approximate surface area is 193 Å². The number of fused-ring (bicyclic) bond motifs is 2. The lowest BCUT2D eigenvalue weighted by Crippen LogP contribution is -2.48. The average molecular weight is 441 g/mol. The molecule has 5 aliphatic rings. The first kappa shape index (κ1) is 19.5. The van der Waals surface area contributed by atoms with Crippen LogP contribution in [-0.2, 0) is 10.2 Å². The molecule has 1 aliphatic heterocycles. The van der Waals surface area contributed by atoms with Gasteiger partial charge in [0.2, 0.25) is 6.79 Å². The molecule has 3 aromatic rings. The Morgan fingerprint density at radius 2 is 1.55 bits per heavy atom. The van der Waals surface area contributed by atoms with Crippen molar-refractivity contribution in [2.24, 2.45) is 17.8 Å². The summed E-state index contributed by atoms with van der Waals surface area (Å²) in [6, 6.07) is 16.7. The lowest BCUT2D eigenvalue weighted by atomic mass is 9.48. The number of rotatable bonds is 3. The molecule has 33 heavy (non-hydrogen) atoms. The van der Waals surface area contributed by atoms with E-state index in [9.17, 15) is 4.79 Å². The van der Waals surface area contributed by atoms with Crippen LogP contribution in [0.2, 0.25) is 0 Å². The predicted molar refractivity (Wildman–Crippen MR) is 127 cm³/mol. The summed E-state index contributed by atoms with van der Waals surface area (Å²) in [4.78, 5) is 11.9. The van der Waals surface area contributed by atoms with E-state index in [-0.39, 0.29) is 11.4 Å². The molecule has 0 spiro atoms. The molecule has 0 atom stereocenters. The molecule has 4 nitrogen and oxygen atoms in total. The van der Waals surface area contributed by atoms with Crippen molar-refractivity contribution >= 4 is 16.7 Å². The second kappa shape index (κ2) is 6.99. The molecule has 1 heterocycles. The maximum atomic E-state index is 11.9. The van der Waals surface area contributed by atoms with Gasteiger partial charge < -0.3 is 14.2 Å². The Balaban J connectivity index is 1.33. The number of carbonyl (C=O) groups excluding carboxylic acids is 1. The summed E-state index contributed by atoms with van der Waals surface area (Å²) in [5.74, 6) is 4.20. The van der Waals surface area contributed by atoms with E-state index in [1.807, 2.05) is 18.2 Å². The zero-order valence-corrected chi connectivity index (χ0v) is 18.9. The molecule has 4 fully saturated rings. The van der Waals surface area contributed by atoms with Gasteiger partial charge >= 0.3 is 5.97 Å². The van der Waals surface area contributed by atoms with Crippen molar-refractivity contribution in [2.45, 2.75) is 43.9 Å². The molecule has 0 radical (unpaired) electrons. The highest BCUT2D eigenvalue weighted by atomic mass is 16.7. The molecule has 0 amide bonds. The highest BCUT2D eigenvalue weighted by Gasteiger charge is 2.53. The smallest absolute Gasteiger partial charge is 0.337 e. The Hall–Kier alpha value is -3.01. The molecule has 168 valence electrons. The van der Waals surface area contributed by atoms with Crippen molar-refractivity contribution in [1.29, 1.82) is 0 Å². The van der Waals surface area contributed by atoms with E-state index in [0.717, 1.165) is 45.6 Å². The summed E-state index contributed by atoms with van der Waals surface area (Å²) in [7, 11) is 1.41. The van der Waals surface area contributed by atoms with E-state index in [4.69, 9.17) is 14.2 Å². The summed E-state index contributed by atoms with van der Waals surface area (Å²) < 4.78 is 16.9. The number of methoxy groups -OCH3 is 1. The molecule has 0 unspecified atom stereocenters. The van der Waals surface area contributed by atoms with Crippen LogP contribution >= 0.6 is 0 Å². The summed E-state index contributed by atoms with van der Waals surface area (Å²) in [5, 5.41) is 2.14. The predicted octanol–water partition coefficient (Wildman–Crippen LogP) is 6.49. The van der Waals surface area contributed by atoms with Gasteiger partial charge in [0.25, 0.3) is 0 Å². The van der Waals surface area contributed by atoms with Crippen LogP contribution in [0.15, 0.2) is 48.5 Å². The van der Waals surface area contributed by atoms with Gasteiger partial charge in [-0.1, -0.05) is 18.2 Å². The van der Waals surface area contributed by atoms with Gasteiger partial charge in [0.1, 0.15) is 0 Å². The normalized spacial score (nSPS) is 28.9. The van der Waals surface area contributed by atoms with Crippen molar-refractivity contribution in [3.8, 4) is 22.6 Å². The molecular weight excluding hydrogens is 412 g/mol. The van der Waals surface area contributed by atoms with Crippen molar-refractivity contribution in [3.63, 3.8) is 0 Å². The number of hydrogen-bond donors (Lipinski definition) is 0. The van der Waals surface area contributed by atoms with Crippen LogP contribution in [0.25, 0.3) is 21.9 Å². The first-order valence-corrected chi connectivity index (χ1v) is 12.2. The van der Waals surface area contributed by atoms with Crippen molar-refractivity contribution in [1.82, 2.24) is 0 Å². The Bertz CT molecular complexity index is 1250. The van der Waals surface area contributed by atoms with E-state index in [1.165, 1.54) is 56.8 Å². The third-order valence-corrected chi connectivity index (χ3v) is 8.68. The minimum absolute atomic E-state index is 0.245.